The van der Waals surface area contributed by atoms with Gasteiger partial charge in [0.15, 0.2) is 0 Å². The molecule has 1 N–H and O–H groups in total. The van der Waals surface area contributed by atoms with Crippen molar-refractivity contribution in [3.8, 4) is 0 Å². The van der Waals surface area contributed by atoms with Crippen molar-refractivity contribution in [2.45, 2.75) is 0 Å². The Kier molecular flexibility index (Phi) is 3.52. The smallest absolute Gasteiger partial charge is 0.242 e. The molecule has 0 spiro atoms. The highest BCUT2D eigenvalue weighted by Crippen LogP contribution is 2.13. The van der Waals surface area contributed by atoms with Gasteiger partial charge in [0.1, 0.15) is 9.82 Å². The van der Waals surface area contributed by atoms with E-state index in [9.17, 15) is 8.42 Å². The summed E-state index contributed by atoms with van der Waals surface area (Å²) in [4.78, 5) is 3.71. The van der Waals surface area contributed by atoms with Crippen molar-refractivity contribution in [3.05, 3.63) is 23.5 Å². The largest absolute Gasteiger partial charge is 0.283 e. The molecule has 13 heavy (non-hydrogen) atoms. The molecule has 4 nitrogen and oxygen atoms in total. The van der Waals surface area contributed by atoms with Crippen LogP contribution in [0.2, 0.25) is 5.15 Å². The molecule has 72 valence electrons. The van der Waals surface area contributed by atoms with Gasteiger partial charge in [-0.3, -0.25) is 4.72 Å². The molecule has 0 saturated heterocycles. The van der Waals surface area contributed by atoms with Gasteiger partial charge in [-0.1, -0.05) is 27.5 Å². The normalized spacial score (nSPS) is 11.2. The minimum atomic E-state index is -3.31. The van der Waals surface area contributed by atoms with Crippen LogP contribution in [0.4, 0.5) is 5.69 Å². The van der Waals surface area contributed by atoms with E-state index in [1.807, 2.05) is 0 Å². The van der Waals surface area contributed by atoms with Gasteiger partial charge in [-0.25, -0.2) is 13.4 Å². The van der Waals surface area contributed by atoms with Crippen molar-refractivity contribution in [1.29, 1.82) is 0 Å². The Balaban J connectivity index is 2.87. The Hall–Kier alpha value is -0.330. The van der Waals surface area contributed by atoms with Crippen LogP contribution in [0.15, 0.2) is 18.3 Å². The van der Waals surface area contributed by atoms with Gasteiger partial charge in [-0.2, -0.15) is 0 Å². The molecular weight excluding hydrogens is 280 g/mol. The number of aromatic nitrogens is 1. The summed E-state index contributed by atoms with van der Waals surface area (Å²) in [6.45, 7) is 0. The standard InChI is InChI=1S/C6H6BrClN2O2S/c7-4-13(11,12)10-5-1-2-9-6(8)3-5/h1-3H,4H2,(H,9,10). The van der Waals surface area contributed by atoms with Gasteiger partial charge in [0, 0.05) is 6.20 Å². The Labute approximate surface area is 89.5 Å². The van der Waals surface area contributed by atoms with E-state index in [2.05, 4.69) is 25.6 Å². The lowest BCUT2D eigenvalue weighted by molar-refractivity contribution is 0.606. The fourth-order valence-corrected chi connectivity index (χ4v) is 1.73. The van der Waals surface area contributed by atoms with E-state index in [0.717, 1.165) is 0 Å². The van der Waals surface area contributed by atoms with Crippen molar-refractivity contribution >= 4 is 43.2 Å². The summed E-state index contributed by atoms with van der Waals surface area (Å²) in [5, 5.41) is 0.245. The second-order valence-corrected chi connectivity index (χ2v) is 5.61. The van der Waals surface area contributed by atoms with Crippen LogP contribution in [0.1, 0.15) is 0 Å². The number of anilines is 1. The van der Waals surface area contributed by atoms with E-state index >= 15 is 0 Å². The Morgan fingerprint density at radius 2 is 2.31 bits per heavy atom. The zero-order valence-corrected chi connectivity index (χ0v) is 9.53. The van der Waals surface area contributed by atoms with Crippen LogP contribution < -0.4 is 4.72 Å². The fourth-order valence-electron chi connectivity index (χ4n) is 0.673. The van der Waals surface area contributed by atoms with Gasteiger partial charge in [0.25, 0.3) is 0 Å². The zero-order chi connectivity index (χ0) is 9.90. The number of nitrogens with one attached hydrogen (secondary N) is 1. The summed E-state index contributed by atoms with van der Waals surface area (Å²) in [6.07, 6.45) is 1.43. The molecule has 7 heteroatoms. The van der Waals surface area contributed by atoms with Crippen molar-refractivity contribution in [3.63, 3.8) is 0 Å². The molecule has 0 unspecified atom stereocenters. The van der Waals surface area contributed by atoms with E-state index in [0.29, 0.717) is 5.69 Å². The number of nitrogens with zero attached hydrogens (tertiary/aromatic N) is 1. The van der Waals surface area contributed by atoms with Crippen LogP contribution in [-0.4, -0.2) is 18.1 Å². The maximum absolute atomic E-state index is 11.1. The fraction of sp³-hybridized carbons (Fsp3) is 0.167. The first-order chi connectivity index (χ1) is 6.03. The zero-order valence-electron chi connectivity index (χ0n) is 6.37. The summed E-state index contributed by atoms with van der Waals surface area (Å²) in [7, 11) is -3.31. The number of halogens is 2. The summed E-state index contributed by atoms with van der Waals surface area (Å²) in [5.41, 5.74) is 0.402. The molecule has 0 bridgehead atoms. The van der Waals surface area contributed by atoms with E-state index in [-0.39, 0.29) is 9.82 Å². The molecule has 0 amide bonds. The van der Waals surface area contributed by atoms with Gasteiger partial charge in [0.2, 0.25) is 10.0 Å². The average Bonchev–Trinajstić information content (AvgIpc) is 2.03. The van der Waals surface area contributed by atoms with Crippen LogP contribution >= 0.6 is 27.5 Å². The van der Waals surface area contributed by atoms with Gasteiger partial charge < -0.3 is 0 Å². The molecule has 1 aromatic rings. The molecule has 0 aromatic carbocycles. The van der Waals surface area contributed by atoms with Crippen molar-refractivity contribution in [1.82, 2.24) is 4.98 Å². The lowest BCUT2D eigenvalue weighted by atomic mass is 10.4. The number of hydrogen-bond donors (Lipinski definition) is 1. The molecule has 1 rings (SSSR count). The predicted octanol–water partition coefficient (Wildman–Crippen LogP) is 1.83. The van der Waals surface area contributed by atoms with Gasteiger partial charge >= 0.3 is 0 Å². The summed E-state index contributed by atoms with van der Waals surface area (Å²) in [5.74, 6) is 0. The highest BCUT2D eigenvalue weighted by molar-refractivity contribution is 9.10. The monoisotopic (exact) mass is 284 g/mol. The first kappa shape index (κ1) is 10.7. The van der Waals surface area contributed by atoms with Crippen LogP contribution in [0.25, 0.3) is 0 Å². The first-order valence-corrected chi connectivity index (χ1v) is 6.37. The van der Waals surface area contributed by atoms with E-state index in [4.69, 9.17) is 11.6 Å². The molecule has 1 heterocycles. The summed E-state index contributed by atoms with van der Waals surface area (Å²) < 4.78 is 24.3. The lowest BCUT2D eigenvalue weighted by Gasteiger charge is -2.04. The third-order valence-corrected chi connectivity index (χ3v) is 3.99. The minimum Gasteiger partial charge on any atom is -0.283 e. The molecule has 1 aromatic heterocycles. The van der Waals surface area contributed by atoms with Crippen LogP contribution in [0.5, 0.6) is 0 Å². The number of pyridine rings is 1. The highest BCUT2D eigenvalue weighted by Gasteiger charge is 2.07. The number of hydrogen-bond acceptors (Lipinski definition) is 3. The van der Waals surface area contributed by atoms with E-state index in [1.165, 1.54) is 18.3 Å². The predicted molar refractivity (Wildman–Crippen MR) is 55.6 cm³/mol. The van der Waals surface area contributed by atoms with Gasteiger partial charge in [0.05, 0.1) is 5.69 Å². The lowest BCUT2D eigenvalue weighted by Crippen LogP contribution is -2.13. The second-order valence-electron chi connectivity index (χ2n) is 2.19. The third kappa shape index (κ3) is 3.50. The molecule has 0 aliphatic carbocycles. The SMILES string of the molecule is O=S(=O)(CBr)Nc1ccnc(Cl)c1. The van der Waals surface area contributed by atoms with E-state index in [1.54, 1.807) is 0 Å². The molecular formula is C6H6BrClN2O2S. The number of rotatable bonds is 3. The van der Waals surface area contributed by atoms with Crippen molar-refractivity contribution in [2.75, 3.05) is 9.38 Å². The Bertz CT molecular complexity index is 395. The maximum atomic E-state index is 11.1. The molecule has 0 aliphatic rings. The summed E-state index contributed by atoms with van der Waals surface area (Å²) >= 11 is 8.41. The highest BCUT2D eigenvalue weighted by atomic mass is 79.9. The number of sulfonamides is 1. The van der Waals surface area contributed by atoms with Crippen LogP contribution in [-0.2, 0) is 10.0 Å². The van der Waals surface area contributed by atoms with Gasteiger partial charge in [-0.05, 0) is 12.1 Å². The summed E-state index contributed by atoms with van der Waals surface area (Å²) in [6, 6.07) is 2.95. The van der Waals surface area contributed by atoms with E-state index < -0.39 is 10.0 Å². The maximum Gasteiger partial charge on any atom is 0.242 e. The topological polar surface area (TPSA) is 59.1 Å². The molecule has 0 fully saturated rings. The van der Waals surface area contributed by atoms with Gasteiger partial charge in [-0.15, -0.1) is 0 Å². The van der Waals surface area contributed by atoms with Crippen molar-refractivity contribution < 1.29 is 8.42 Å². The Morgan fingerprint density at radius 1 is 1.62 bits per heavy atom. The molecule has 0 aliphatic heterocycles. The molecule has 0 atom stereocenters. The van der Waals surface area contributed by atoms with Crippen molar-refractivity contribution in [2.24, 2.45) is 0 Å². The molecule has 0 radical (unpaired) electrons. The Morgan fingerprint density at radius 3 is 2.85 bits per heavy atom. The average molecular weight is 286 g/mol. The van der Waals surface area contributed by atoms with Crippen LogP contribution in [0, 0.1) is 0 Å². The minimum absolute atomic E-state index is 0.153. The first-order valence-electron chi connectivity index (χ1n) is 3.21. The quantitative estimate of drug-likeness (QED) is 0.681. The number of alkyl halides is 1. The second kappa shape index (κ2) is 4.26. The third-order valence-electron chi connectivity index (χ3n) is 1.14. The molecule has 0 saturated carbocycles. The van der Waals surface area contributed by atoms with Crippen LogP contribution in [0.3, 0.4) is 0 Å².